The maximum atomic E-state index is 13.5. The monoisotopic (exact) mass is 345 g/mol. The molecule has 0 radical (unpaired) electrons. The van der Waals surface area contributed by atoms with E-state index in [1.807, 2.05) is 13.8 Å². The number of halogens is 3. The molecular formula is C18H26F3NO2. The number of hydrogen-bond acceptors (Lipinski definition) is 2. The third-order valence-corrected chi connectivity index (χ3v) is 3.95. The lowest BCUT2D eigenvalue weighted by molar-refractivity contribution is -0.208. The van der Waals surface area contributed by atoms with Gasteiger partial charge >= 0.3 is 6.18 Å². The Labute approximate surface area is 141 Å². The normalized spacial score (nSPS) is 14.2. The van der Waals surface area contributed by atoms with Crippen molar-refractivity contribution >= 4 is 5.91 Å². The molecule has 1 N–H and O–H groups in total. The number of aliphatic hydroxyl groups is 1. The molecule has 0 saturated heterocycles. The highest BCUT2D eigenvalue weighted by Crippen LogP contribution is 2.37. The van der Waals surface area contributed by atoms with E-state index in [2.05, 4.69) is 0 Å². The quantitative estimate of drug-likeness (QED) is 0.724. The van der Waals surface area contributed by atoms with Crippen LogP contribution in [-0.4, -0.2) is 35.2 Å². The molecule has 1 aromatic rings. The Morgan fingerprint density at radius 1 is 1.08 bits per heavy atom. The standard InChI is InChI=1S/C18H26F3NO2/c1-3-5-12-22(13-6-4-2)17(24)15(18(19,20)21)16(23)14-10-8-7-9-11-14/h7-11,15-16,23H,3-6,12-13H2,1-2H3/t15-,16+/m1/s1. The summed E-state index contributed by atoms with van der Waals surface area (Å²) < 4.78 is 40.5. The van der Waals surface area contributed by atoms with Gasteiger partial charge < -0.3 is 10.0 Å². The summed E-state index contributed by atoms with van der Waals surface area (Å²) in [6, 6.07) is 7.54. The lowest BCUT2D eigenvalue weighted by Crippen LogP contribution is -2.46. The van der Waals surface area contributed by atoms with Crippen molar-refractivity contribution in [3.8, 4) is 0 Å². The zero-order chi connectivity index (χ0) is 18.2. The maximum Gasteiger partial charge on any atom is 0.403 e. The summed E-state index contributed by atoms with van der Waals surface area (Å²) in [5, 5.41) is 10.2. The Kier molecular flexibility index (Phi) is 8.25. The topological polar surface area (TPSA) is 40.5 Å². The number of carbonyl (C=O) groups excluding carboxylic acids is 1. The first-order chi connectivity index (χ1) is 11.3. The molecule has 0 unspecified atom stereocenters. The van der Waals surface area contributed by atoms with Crippen LogP contribution in [0.15, 0.2) is 30.3 Å². The Bertz CT molecular complexity index is 483. The van der Waals surface area contributed by atoms with Gasteiger partial charge in [-0.25, -0.2) is 0 Å². The minimum atomic E-state index is -4.80. The van der Waals surface area contributed by atoms with Crippen LogP contribution in [0.5, 0.6) is 0 Å². The number of aliphatic hydroxyl groups excluding tert-OH is 1. The van der Waals surface area contributed by atoms with Crippen molar-refractivity contribution in [1.82, 2.24) is 4.90 Å². The fourth-order valence-corrected chi connectivity index (χ4v) is 2.52. The van der Waals surface area contributed by atoms with Crippen molar-refractivity contribution in [2.24, 2.45) is 5.92 Å². The molecule has 0 spiro atoms. The van der Waals surface area contributed by atoms with Crippen molar-refractivity contribution in [1.29, 1.82) is 0 Å². The lowest BCUT2D eigenvalue weighted by atomic mass is 9.93. The Hall–Kier alpha value is -1.56. The Balaban J connectivity index is 3.06. The van der Waals surface area contributed by atoms with E-state index in [-0.39, 0.29) is 18.7 Å². The molecule has 0 aliphatic rings. The molecule has 136 valence electrons. The molecule has 1 rings (SSSR count). The highest BCUT2D eigenvalue weighted by atomic mass is 19.4. The lowest BCUT2D eigenvalue weighted by Gasteiger charge is -2.31. The van der Waals surface area contributed by atoms with E-state index in [4.69, 9.17) is 0 Å². The predicted octanol–water partition coefficient (Wildman–Crippen LogP) is 4.33. The summed E-state index contributed by atoms with van der Waals surface area (Å²) in [4.78, 5) is 13.8. The molecule has 2 atom stereocenters. The number of benzene rings is 1. The average molecular weight is 345 g/mol. The predicted molar refractivity (Wildman–Crippen MR) is 87.3 cm³/mol. The van der Waals surface area contributed by atoms with Gasteiger partial charge in [0.25, 0.3) is 0 Å². The number of carbonyl (C=O) groups is 1. The van der Waals surface area contributed by atoms with Gasteiger partial charge in [0, 0.05) is 13.1 Å². The van der Waals surface area contributed by atoms with E-state index in [1.165, 1.54) is 17.0 Å². The molecular weight excluding hydrogens is 319 g/mol. The van der Waals surface area contributed by atoms with Gasteiger partial charge in [-0.15, -0.1) is 0 Å². The largest absolute Gasteiger partial charge is 0.403 e. The summed E-state index contributed by atoms with van der Waals surface area (Å²) in [6.45, 7) is 4.40. The number of rotatable bonds is 9. The first-order valence-electron chi connectivity index (χ1n) is 8.41. The van der Waals surface area contributed by atoms with Crippen molar-refractivity contribution < 1.29 is 23.1 Å². The van der Waals surface area contributed by atoms with E-state index in [1.54, 1.807) is 18.2 Å². The van der Waals surface area contributed by atoms with Gasteiger partial charge in [-0.2, -0.15) is 13.2 Å². The van der Waals surface area contributed by atoms with E-state index in [0.29, 0.717) is 12.8 Å². The fourth-order valence-electron chi connectivity index (χ4n) is 2.52. The molecule has 6 heteroatoms. The van der Waals surface area contributed by atoms with Gasteiger partial charge in [-0.05, 0) is 18.4 Å². The third-order valence-electron chi connectivity index (χ3n) is 3.95. The van der Waals surface area contributed by atoms with Crippen LogP contribution in [0.4, 0.5) is 13.2 Å². The molecule has 3 nitrogen and oxygen atoms in total. The van der Waals surface area contributed by atoms with Gasteiger partial charge in [0.15, 0.2) is 5.92 Å². The summed E-state index contributed by atoms with van der Waals surface area (Å²) in [5.74, 6) is -3.48. The van der Waals surface area contributed by atoms with E-state index < -0.39 is 24.1 Å². The van der Waals surface area contributed by atoms with Crippen LogP contribution in [0.3, 0.4) is 0 Å². The van der Waals surface area contributed by atoms with Crippen LogP contribution >= 0.6 is 0 Å². The summed E-state index contributed by atoms with van der Waals surface area (Å²) in [6.07, 6.45) is -3.85. The summed E-state index contributed by atoms with van der Waals surface area (Å²) in [5.41, 5.74) is 0.0964. The number of nitrogens with zero attached hydrogens (tertiary/aromatic N) is 1. The Morgan fingerprint density at radius 2 is 1.58 bits per heavy atom. The van der Waals surface area contributed by atoms with Crippen molar-refractivity contribution in [2.45, 2.75) is 51.8 Å². The van der Waals surface area contributed by atoms with Crippen LogP contribution in [0, 0.1) is 5.92 Å². The van der Waals surface area contributed by atoms with Crippen molar-refractivity contribution in [2.75, 3.05) is 13.1 Å². The maximum absolute atomic E-state index is 13.5. The third kappa shape index (κ3) is 5.82. The second-order valence-electron chi connectivity index (χ2n) is 5.91. The molecule has 0 aliphatic carbocycles. The molecule has 1 amide bonds. The fraction of sp³-hybridized carbons (Fsp3) is 0.611. The van der Waals surface area contributed by atoms with Gasteiger partial charge in [-0.3, -0.25) is 4.79 Å². The van der Waals surface area contributed by atoms with Gasteiger partial charge in [0.05, 0.1) is 6.10 Å². The SMILES string of the molecule is CCCCN(CCCC)C(=O)[C@@H]([C@@H](O)c1ccccc1)C(F)(F)F. The number of alkyl halides is 3. The molecule has 0 aromatic heterocycles. The first-order valence-corrected chi connectivity index (χ1v) is 8.41. The zero-order valence-electron chi connectivity index (χ0n) is 14.2. The van der Waals surface area contributed by atoms with E-state index in [0.717, 1.165) is 12.8 Å². The molecule has 0 heterocycles. The highest BCUT2D eigenvalue weighted by Gasteiger charge is 2.51. The minimum Gasteiger partial charge on any atom is -0.387 e. The van der Waals surface area contributed by atoms with E-state index in [9.17, 15) is 23.1 Å². The van der Waals surface area contributed by atoms with E-state index >= 15 is 0 Å². The second kappa shape index (κ2) is 9.67. The molecule has 0 aliphatic heterocycles. The number of amides is 1. The molecule has 24 heavy (non-hydrogen) atoms. The van der Waals surface area contributed by atoms with Crippen LogP contribution < -0.4 is 0 Å². The second-order valence-corrected chi connectivity index (χ2v) is 5.91. The van der Waals surface area contributed by atoms with Crippen LogP contribution in [0.1, 0.15) is 51.2 Å². The van der Waals surface area contributed by atoms with Gasteiger partial charge in [0.1, 0.15) is 0 Å². The molecule has 0 bridgehead atoms. The van der Waals surface area contributed by atoms with Crippen molar-refractivity contribution in [3.63, 3.8) is 0 Å². The first kappa shape index (κ1) is 20.5. The van der Waals surface area contributed by atoms with Crippen LogP contribution in [0.25, 0.3) is 0 Å². The highest BCUT2D eigenvalue weighted by molar-refractivity contribution is 5.80. The van der Waals surface area contributed by atoms with Gasteiger partial charge in [-0.1, -0.05) is 57.0 Å². The zero-order valence-corrected chi connectivity index (χ0v) is 14.2. The summed E-state index contributed by atoms with van der Waals surface area (Å²) in [7, 11) is 0. The average Bonchev–Trinajstić information content (AvgIpc) is 2.54. The van der Waals surface area contributed by atoms with Gasteiger partial charge in [0.2, 0.25) is 5.91 Å². The number of hydrogen-bond donors (Lipinski definition) is 1. The molecule has 0 fully saturated rings. The molecule has 0 saturated carbocycles. The minimum absolute atomic E-state index is 0.0964. The Morgan fingerprint density at radius 3 is 2.00 bits per heavy atom. The van der Waals surface area contributed by atoms with Crippen molar-refractivity contribution in [3.05, 3.63) is 35.9 Å². The smallest absolute Gasteiger partial charge is 0.387 e. The molecule has 1 aromatic carbocycles. The van der Waals surface area contributed by atoms with Crippen LogP contribution in [0.2, 0.25) is 0 Å². The van der Waals surface area contributed by atoms with Crippen LogP contribution in [-0.2, 0) is 4.79 Å². The number of unbranched alkanes of at least 4 members (excludes halogenated alkanes) is 2. The summed E-state index contributed by atoms with van der Waals surface area (Å²) >= 11 is 0.